The van der Waals surface area contributed by atoms with Gasteiger partial charge in [-0.1, -0.05) is 23.7 Å². The fourth-order valence-electron chi connectivity index (χ4n) is 2.01. The number of carbonyl (C=O) groups is 1. The number of amides is 1. The van der Waals surface area contributed by atoms with Crippen molar-refractivity contribution in [1.82, 2.24) is 10.2 Å². The molecule has 0 atom stereocenters. The van der Waals surface area contributed by atoms with Crippen LogP contribution in [0, 0.1) is 5.82 Å². The van der Waals surface area contributed by atoms with Crippen molar-refractivity contribution in [3.63, 3.8) is 0 Å². The van der Waals surface area contributed by atoms with Crippen LogP contribution in [0.2, 0.25) is 5.02 Å². The molecule has 24 heavy (non-hydrogen) atoms. The van der Waals surface area contributed by atoms with Gasteiger partial charge in [-0.2, -0.15) is 0 Å². The van der Waals surface area contributed by atoms with E-state index in [9.17, 15) is 9.18 Å². The van der Waals surface area contributed by atoms with Crippen molar-refractivity contribution < 1.29 is 18.3 Å². The highest BCUT2D eigenvalue weighted by molar-refractivity contribution is 6.31. The molecule has 0 aliphatic heterocycles. The average molecular weight is 348 g/mol. The second-order valence-corrected chi connectivity index (χ2v) is 5.13. The minimum absolute atomic E-state index is 0.0868. The zero-order valence-corrected chi connectivity index (χ0v) is 13.2. The zero-order chi connectivity index (χ0) is 17.1. The van der Waals surface area contributed by atoms with Crippen LogP contribution in [0.4, 0.5) is 10.1 Å². The molecule has 0 aliphatic rings. The Morgan fingerprint density at radius 1 is 1.25 bits per heavy atom. The molecule has 0 fully saturated rings. The van der Waals surface area contributed by atoms with Crippen LogP contribution in [0.5, 0.6) is 5.75 Å². The Morgan fingerprint density at radius 3 is 2.79 bits per heavy atom. The number of nitrogens with zero attached hydrogens (tertiary/aromatic N) is 2. The second kappa shape index (κ2) is 6.67. The highest BCUT2D eigenvalue weighted by atomic mass is 35.5. The monoisotopic (exact) mass is 347 g/mol. The number of rotatable bonds is 4. The van der Waals surface area contributed by atoms with Gasteiger partial charge in [-0.15, -0.1) is 10.2 Å². The van der Waals surface area contributed by atoms with Crippen molar-refractivity contribution in [2.45, 2.75) is 0 Å². The normalized spacial score (nSPS) is 10.5. The van der Waals surface area contributed by atoms with E-state index in [1.165, 1.54) is 31.4 Å². The van der Waals surface area contributed by atoms with Gasteiger partial charge in [0.25, 0.3) is 5.89 Å². The van der Waals surface area contributed by atoms with Crippen LogP contribution in [0.15, 0.2) is 46.9 Å². The SMILES string of the molecule is COc1ccc(Cl)cc1NC(=O)c1nnc(-c2ccccc2F)o1. The summed E-state index contributed by atoms with van der Waals surface area (Å²) in [5, 5.41) is 10.3. The summed E-state index contributed by atoms with van der Waals surface area (Å²) in [7, 11) is 1.46. The standard InChI is InChI=1S/C16H11ClFN3O3/c1-23-13-7-6-9(17)8-12(13)19-14(22)16-21-20-15(24-16)10-4-2-3-5-11(10)18/h2-8H,1H3,(H,19,22). The highest BCUT2D eigenvalue weighted by Crippen LogP contribution is 2.28. The van der Waals surface area contributed by atoms with E-state index in [0.29, 0.717) is 16.5 Å². The molecule has 6 nitrogen and oxygen atoms in total. The molecule has 0 radical (unpaired) electrons. The van der Waals surface area contributed by atoms with Crippen LogP contribution in [0.1, 0.15) is 10.7 Å². The molecule has 0 saturated heterocycles. The van der Waals surface area contributed by atoms with Gasteiger partial charge in [0.1, 0.15) is 11.6 Å². The Hall–Kier alpha value is -2.93. The van der Waals surface area contributed by atoms with Gasteiger partial charge in [0.15, 0.2) is 0 Å². The lowest BCUT2D eigenvalue weighted by atomic mass is 10.2. The number of methoxy groups -OCH3 is 1. The fraction of sp³-hybridized carbons (Fsp3) is 0.0625. The summed E-state index contributed by atoms with van der Waals surface area (Å²) in [4.78, 5) is 12.2. The van der Waals surface area contributed by atoms with E-state index >= 15 is 0 Å². The van der Waals surface area contributed by atoms with Crippen molar-refractivity contribution in [3.05, 3.63) is 59.2 Å². The van der Waals surface area contributed by atoms with Gasteiger partial charge in [0.2, 0.25) is 0 Å². The summed E-state index contributed by atoms with van der Waals surface area (Å²) >= 11 is 5.90. The highest BCUT2D eigenvalue weighted by Gasteiger charge is 2.19. The molecular weight excluding hydrogens is 337 g/mol. The van der Waals surface area contributed by atoms with Crippen molar-refractivity contribution >= 4 is 23.2 Å². The fourth-order valence-corrected chi connectivity index (χ4v) is 2.18. The molecule has 1 heterocycles. The average Bonchev–Trinajstić information content (AvgIpc) is 3.05. The molecule has 3 aromatic rings. The van der Waals surface area contributed by atoms with Crippen LogP contribution < -0.4 is 10.1 Å². The largest absolute Gasteiger partial charge is 0.495 e. The number of aromatic nitrogens is 2. The maximum atomic E-state index is 13.7. The molecule has 0 saturated carbocycles. The first kappa shape index (κ1) is 15.9. The first-order valence-corrected chi connectivity index (χ1v) is 7.19. The summed E-state index contributed by atoms with van der Waals surface area (Å²) in [6, 6.07) is 10.6. The lowest BCUT2D eigenvalue weighted by molar-refractivity contribution is 0.0990. The van der Waals surface area contributed by atoms with Gasteiger partial charge < -0.3 is 14.5 Å². The van der Waals surface area contributed by atoms with E-state index in [2.05, 4.69) is 15.5 Å². The van der Waals surface area contributed by atoms with E-state index in [1.807, 2.05) is 0 Å². The van der Waals surface area contributed by atoms with E-state index in [4.69, 9.17) is 20.8 Å². The van der Waals surface area contributed by atoms with E-state index in [-0.39, 0.29) is 17.3 Å². The molecule has 122 valence electrons. The molecule has 2 aromatic carbocycles. The molecule has 0 aliphatic carbocycles. The lowest BCUT2D eigenvalue weighted by Gasteiger charge is -2.08. The predicted octanol–water partition coefficient (Wildman–Crippen LogP) is 3.79. The summed E-state index contributed by atoms with van der Waals surface area (Å²) < 4.78 is 24.1. The van der Waals surface area contributed by atoms with E-state index in [0.717, 1.165) is 0 Å². The van der Waals surface area contributed by atoms with Gasteiger partial charge in [-0.05, 0) is 30.3 Å². The number of ether oxygens (including phenoxy) is 1. The van der Waals surface area contributed by atoms with Crippen LogP contribution in [0.25, 0.3) is 11.5 Å². The van der Waals surface area contributed by atoms with E-state index < -0.39 is 11.7 Å². The smallest absolute Gasteiger partial charge is 0.313 e. The van der Waals surface area contributed by atoms with Crippen molar-refractivity contribution in [2.24, 2.45) is 0 Å². The number of hydrogen-bond donors (Lipinski definition) is 1. The van der Waals surface area contributed by atoms with Gasteiger partial charge in [0, 0.05) is 5.02 Å². The van der Waals surface area contributed by atoms with Crippen molar-refractivity contribution in [3.8, 4) is 17.2 Å². The topological polar surface area (TPSA) is 77.2 Å². The Kier molecular flexibility index (Phi) is 4.43. The number of nitrogens with one attached hydrogen (secondary N) is 1. The number of benzene rings is 2. The first-order chi connectivity index (χ1) is 11.6. The maximum Gasteiger partial charge on any atom is 0.313 e. The van der Waals surface area contributed by atoms with Crippen LogP contribution in [0.3, 0.4) is 0 Å². The number of halogens is 2. The third-order valence-corrected chi connectivity index (χ3v) is 3.37. The van der Waals surface area contributed by atoms with Crippen molar-refractivity contribution in [1.29, 1.82) is 0 Å². The van der Waals surface area contributed by atoms with Gasteiger partial charge in [-0.25, -0.2) is 4.39 Å². The molecular formula is C16H11ClFN3O3. The molecule has 8 heteroatoms. The zero-order valence-electron chi connectivity index (χ0n) is 12.4. The third kappa shape index (κ3) is 3.21. The number of anilines is 1. The lowest BCUT2D eigenvalue weighted by Crippen LogP contribution is -2.13. The minimum atomic E-state index is -0.661. The van der Waals surface area contributed by atoms with Crippen LogP contribution in [-0.2, 0) is 0 Å². The summed E-state index contributed by atoms with van der Waals surface area (Å²) in [6.07, 6.45) is 0. The Balaban J connectivity index is 1.85. The van der Waals surface area contributed by atoms with Crippen LogP contribution in [-0.4, -0.2) is 23.2 Å². The maximum absolute atomic E-state index is 13.7. The summed E-state index contributed by atoms with van der Waals surface area (Å²) in [6.45, 7) is 0. The first-order valence-electron chi connectivity index (χ1n) is 6.82. The van der Waals surface area contributed by atoms with Gasteiger partial charge >= 0.3 is 11.8 Å². The Morgan fingerprint density at radius 2 is 2.04 bits per heavy atom. The number of carbonyl (C=O) groups excluding carboxylic acids is 1. The summed E-state index contributed by atoms with van der Waals surface area (Å²) in [5.41, 5.74) is 0.463. The predicted molar refractivity (Wildman–Crippen MR) is 85.6 cm³/mol. The Bertz CT molecular complexity index is 898. The van der Waals surface area contributed by atoms with Gasteiger partial charge in [0.05, 0.1) is 18.4 Å². The molecule has 3 rings (SSSR count). The quantitative estimate of drug-likeness (QED) is 0.777. The molecule has 1 aromatic heterocycles. The van der Waals surface area contributed by atoms with Crippen LogP contribution >= 0.6 is 11.6 Å². The van der Waals surface area contributed by atoms with Crippen molar-refractivity contribution in [2.75, 3.05) is 12.4 Å². The van der Waals surface area contributed by atoms with Gasteiger partial charge in [-0.3, -0.25) is 4.79 Å². The molecule has 0 unspecified atom stereocenters. The van der Waals surface area contributed by atoms with E-state index in [1.54, 1.807) is 18.2 Å². The Labute approximate surface area is 141 Å². The molecule has 1 amide bonds. The molecule has 0 spiro atoms. The number of hydrogen-bond acceptors (Lipinski definition) is 5. The second-order valence-electron chi connectivity index (χ2n) is 4.69. The summed E-state index contributed by atoms with van der Waals surface area (Å²) in [5.74, 6) is -1.16. The third-order valence-electron chi connectivity index (χ3n) is 3.13. The molecule has 1 N–H and O–H groups in total. The minimum Gasteiger partial charge on any atom is -0.495 e. The molecule has 0 bridgehead atoms.